The number of aryl methyl sites for hydroxylation is 2. The van der Waals surface area contributed by atoms with E-state index in [2.05, 4.69) is 20.5 Å². The lowest BCUT2D eigenvalue weighted by Crippen LogP contribution is -2.20. The van der Waals surface area contributed by atoms with Crippen molar-refractivity contribution in [2.24, 2.45) is 7.05 Å². The Kier molecular flexibility index (Phi) is 4.33. The van der Waals surface area contributed by atoms with Gasteiger partial charge in [0.2, 0.25) is 0 Å². The smallest absolute Gasteiger partial charge is 0.262 e. The highest BCUT2D eigenvalue weighted by Crippen LogP contribution is 2.28. The Balaban J connectivity index is 1.67. The number of nitrogens with zero attached hydrogens (tertiary/aromatic N) is 6. The molecular formula is C17H16N6OS2. The lowest BCUT2D eigenvalue weighted by Gasteiger charge is -2.07. The summed E-state index contributed by atoms with van der Waals surface area (Å²) in [6.45, 7) is 3.99. The summed E-state index contributed by atoms with van der Waals surface area (Å²) < 4.78 is 3.30. The highest BCUT2D eigenvalue weighted by molar-refractivity contribution is 7.98. The Bertz CT molecular complexity index is 1150. The molecule has 0 fully saturated rings. The highest BCUT2D eigenvalue weighted by atomic mass is 32.2. The van der Waals surface area contributed by atoms with Gasteiger partial charge in [0.15, 0.2) is 11.0 Å². The molecule has 26 heavy (non-hydrogen) atoms. The minimum atomic E-state index is -0.0120. The highest BCUT2D eigenvalue weighted by Gasteiger charge is 2.16. The van der Waals surface area contributed by atoms with Crippen molar-refractivity contribution in [3.05, 3.63) is 57.0 Å². The number of hydrogen-bond acceptors (Lipinski definition) is 7. The maximum absolute atomic E-state index is 12.7. The third kappa shape index (κ3) is 2.82. The van der Waals surface area contributed by atoms with Gasteiger partial charge in [-0.3, -0.25) is 9.36 Å². The quantitative estimate of drug-likeness (QED) is 0.398. The molecule has 4 aromatic rings. The first-order chi connectivity index (χ1) is 12.6. The average Bonchev–Trinajstić information content (AvgIpc) is 3.22. The molecule has 0 radical (unpaired) electrons. The zero-order valence-electron chi connectivity index (χ0n) is 14.5. The normalized spacial score (nSPS) is 11.3. The monoisotopic (exact) mass is 384 g/mol. The Labute approximate surface area is 157 Å². The minimum Gasteiger partial charge on any atom is -0.290 e. The molecule has 0 saturated carbocycles. The summed E-state index contributed by atoms with van der Waals surface area (Å²) in [5, 5.41) is 13.3. The van der Waals surface area contributed by atoms with E-state index >= 15 is 0 Å². The summed E-state index contributed by atoms with van der Waals surface area (Å²) in [4.78, 5) is 19.3. The molecule has 0 aliphatic heterocycles. The van der Waals surface area contributed by atoms with Crippen LogP contribution in [-0.4, -0.2) is 29.8 Å². The molecule has 0 aliphatic rings. The Hall–Kier alpha value is -2.52. The molecular weight excluding hydrogens is 368 g/mol. The lowest BCUT2D eigenvalue weighted by molar-refractivity contribution is 0.726. The molecule has 0 spiro atoms. The number of fused-ring (bicyclic) bond motifs is 1. The van der Waals surface area contributed by atoms with E-state index in [0.29, 0.717) is 22.1 Å². The maximum atomic E-state index is 12.7. The summed E-state index contributed by atoms with van der Waals surface area (Å²) in [6.07, 6.45) is 0. The summed E-state index contributed by atoms with van der Waals surface area (Å²) in [6, 6.07) is 9.72. The average molecular weight is 384 g/mol. The topological polar surface area (TPSA) is 78.5 Å². The van der Waals surface area contributed by atoms with Gasteiger partial charge in [-0.05, 0) is 42.0 Å². The molecule has 0 aliphatic carbocycles. The van der Waals surface area contributed by atoms with Crippen molar-refractivity contribution < 1.29 is 0 Å². The van der Waals surface area contributed by atoms with E-state index < -0.39 is 0 Å². The second kappa shape index (κ2) is 6.65. The molecule has 0 saturated heterocycles. The molecule has 132 valence electrons. The molecule has 0 bridgehead atoms. The van der Waals surface area contributed by atoms with Crippen LogP contribution < -0.4 is 5.56 Å². The van der Waals surface area contributed by atoms with Crippen LogP contribution in [0.15, 0.2) is 40.3 Å². The minimum absolute atomic E-state index is 0.0120. The van der Waals surface area contributed by atoms with Crippen molar-refractivity contribution in [3.63, 3.8) is 0 Å². The van der Waals surface area contributed by atoms with Crippen molar-refractivity contribution >= 4 is 33.3 Å². The fourth-order valence-electron chi connectivity index (χ4n) is 2.68. The van der Waals surface area contributed by atoms with Gasteiger partial charge in [0.1, 0.15) is 4.83 Å². The first-order valence-electron chi connectivity index (χ1n) is 7.98. The molecule has 9 heteroatoms. The molecule has 3 aromatic heterocycles. The number of rotatable bonds is 4. The van der Waals surface area contributed by atoms with Gasteiger partial charge in [-0.1, -0.05) is 30.0 Å². The fraction of sp³-hybridized carbons (Fsp3) is 0.235. The number of tetrazole rings is 1. The molecule has 0 atom stereocenters. The summed E-state index contributed by atoms with van der Waals surface area (Å²) in [5.74, 6) is 1.21. The lowest BCUT2D eigenvalue weighted by atomic mass is 10.2. The van der Waals surface area contributed by atoms with Crippen molar-refractivity contribution in [1.29, 1.82) is 0 Å². The predicted molar refractivity (Wildman–Crippen MR) is 103 cm³/mol. The van der Waals surface area contributed by atoms with Crippen molar-refractivity contribution in [2.75, 3.05) is 0 Å². The summed E-state index contributed by atoms with van der Waals surface area (Å²) in [5.41, 5.74) is 1.90. The Morgan fingerprint density at radius 3 is 2.73 bits per heavy atom. The van der Waals surface area contributed by atoms with E-state index in [-0.39, 0.29) is 5.56 Å². The zero-order valence-corrected chi connectivity index (χ0v) is 16.1. The van der Waals surface area contributed by atoms with Gasteiger partial charge < -0.3 is 0 Å². The molecule has 3 heterocycles. The van der Waals surface area contributed by atoms with Gasteiger partial charge in [-0.2, -0.15) is 4.68 Å². The zero-order chi connectivity index (χ0) is 18.3. The van der Waals surface area contributed by atoms with Crippen molar-refractivity contribution in [2.45, 2.75) is 24.8 Å². The first-order valence-corrected chi connectivity index (χ1v) is 9.78. The van der Waals surface area contributed by atoms with Gasteiger partial charge in [0.25, 0.3) is 5.56 Å². The Morgan fingerprint density at radius 2 is 1.96 bits per heavy atom. The van der Waals surface area contributed by atoms with Crippen LogP contribution in [0.25, 0.3) is 15.9 Å². The van der Waals surface area contributed by atoms with E-state index in [1.807, 2.05) is 44.2 Å². The molecule has 0 unspecified atom stereocenters. The largest absolute Gasteiger partial charge is 0.290 e. The molecule has 0 amide bonds. The first kappa shape index (κ1) is 16.9. The number of thiophene rings is 1. The second-order valence-corrected chi connectivity index (χ2v) is 8.00. The molecule has 7 nitrogen and oxygen atoms in total. The summed E-state index contributed by atoms with van der Waals surface area (Å²) >= 11 is 3.01. The van der Waals surface area contributed by atoms with Crippen LogP contribution in [-0.2, 0) is 12.8 Å². The van der Waals surface area contributed by atoms with Crippen LogP contribution in [0.3, 0.4) is 0 Å². The van der Waals surface area contributed by atoms with Gasteiger partial charge in [-0.15, -0.1) is 16.4 Å². The van der Waals surface area contributed by atoms with Gasteiger partial charge >= 0.3 is 0 Å². The van der Waals surface area contributed by atoms with Crippen LogP contribution in [0.4, 0.5) is 0 Å². The van der Waals surface area contributed by atoms with E-state index in [4.69, 9.17) is 0 Å². The molecule has 4 rings (SSSR count). The predicted octanol–water partition coefficient (Wildman–Crippen LogP) is 2.88. The van der Waals surface area contributed by atoms with Crippen molar-refractivity contribution in [1.82, 2.24) is 29.8 Å². The van der Waals surface area contributed by atoms with Crippen LogP contribution in [0.1, 0.15) is 16.3 Å². The SMILES string of the molecule is Cc1sc2nc(SCc3nnnn3-c3ccccc3)n(C)c(=O)c2c1C. The fourth-order valence-corrected chi connectivity index (χ4v) is 4.63. The number of para-hydroxylation sites is 1. The molecule has 0 N–H and O–H groups in total. The number of aromatic nitrogens is 6. The van der Waals surface area contributed by atoms with E-state index in [1.165, 1.54) is 11.8 Å². The van der Waals surface area contributed by atoms with Gasteiger partial charge in [0.05, 0.1) is 16.8 Å². The van der Waals surface area contributed by atoms with E-state index in [0.717, 1.165) is 21.0 Å². The number of hydrogen-bond donors (Lipinski definition) is 0. The van der Waals surface area contributed by atoms with Gasteiger partial charge in [0, 0.05) is 11.9 Å². The van der Waals surface area contributed by atoms with Gasteiger partial charge in [-0.25, -0.2) is 4.98 Å². The second-order valence-electron chi connectivity index (χ2n) is 5.85. The van der Waals surface area contributed by atoms with E-state index in [9.17, 15) is 4.79 Å². The molecule has 1 aromatic carbocycles. The van der Waals surface area contributed by atoms with Crippen LogP contribution in [0.2, 0.25) is 0 Å². The van der Waals surface area contributed by atoms with Crippen LogP contribution in [0, 0.1) is 13.8 Å². The third-order valence-corrected chi connectivity index (χ3v) is 6.36. The van der Waals surface area contributed by atoms with Crippen molar-refractivity contribution in [3.8, 4) is 5.69 Å². The van der Waals surface area contributed by atoms with E-state index in [1.54, 1.807) is 27.6 Å². The number of thioether (sulfide) groups is 1. The third-order valence-electron chi connectivity index (χ3n) is 4.23. The standard InChI is InChI=1S/C17H16N6OS2/c1-10-11(2)26-15-14(10)16(24)22(3)17(18-15)25-9-13-19-20-21-23(13)12-7-5-4-6-8-12/h4-8H,9H2,1-3H3. The Morgan fingerprint density at radius 1 is 1.19 bits per heavy atom. The number of benzene rings is 1. The summed E-state index contributed by atoms with van der Waals surface area (Å²) in [7, 11) is 1.75. The van der Waals surface area contributed by atoms with Crippen LogP contribution >= 0.6 is 23.1 Å². The van der Waals surface area contributed by atoms with Crippen LogP contribution in [0.5, 0.6) is 0 Å². The maximum Gasteiger partial charge on any atom is 0.262 e.